The van der Waals surface area contributed by atoms with Crippen molar-refractivity contribution in [2.24, 2.45) is 5.73 Å². The number of carbonyl (C=O) groups excluding carboxylic acids is 1. The second-order valence-electron chi connectivity index (χ2n) is 7.40. The van der Waals surface area contributed by atoms with E-state index in [4.69, 9.17) is 15.5 Å². The zero-order chi connectivity index (χ0) is 23.5. The molecule has 9 heteroatoms. The van der Waals surface area contributed by atoms with Crippen LogP contribution in [-0.4, -0.2) is 41.7 Å². The number of benzene rings is 1. The van der Waals surface area contributed by atoms with Crippen LogP contribution in [0.4, 0.5) is 17.3 Å². The van der Waals surface area contributed by atoms with Crippen LogP contribution in [0.2, 0.25) is 0 Å². The first-order valence-electron chi connectivity index (χ1n) is 11.0. The quantitative estimate of drug-likeness (QED) is 0.239. The van der Waals surface area contributed by atoms with Crippen molar-refractivity contribution in [2.75, 3.05) is 30.4 Å². The molecule has 3 rings (SSSR count). The molecule has 1 saturated heterocycles. The highest BCUT2D eigenvalue weighted by Gasteiger charge is 2.20. The molecule has 1 aromatic carbocycles. The maximum absolute atomic E-state index is 12.1. The van der Waals surface area contributed by atoms with Gasteiger partial charge in [0, 0.05) is 43.5 Å². The molecule has 0 spiro atoms. The summed E-state index contributed by atoms with van der Waals surface area (Å²) in [7, 11) is 0. The molecule has 2 heterocycles. The SMILES string of the molecule is C=CSNCCC#Cc1cccc(Nc2nc(NC3CCOCC3)c(CC)nc2C(N)=O)c1. The van der Waals surface area contributed by atoms with Crippen LogP contribution in [0.1, 0.15) is 47.9 Å². The number of carbonyl (C=O) groups is 1. The van der Waals surface area contributed by atoms with E-state index in [9.17, 15) is 4.79 Å². The number of primary amides is 1. The first-order valence-corrected chi connectivity index (χ1v) is 11.9. The van der Waals surface area contributed by atoms with Crippen LogP contribution in [0.3, 0.4) is 0 Å². The molecule has 1 fully saturated rings. The average molecular weight is 467 g/mol. The second-order valence-corrected chi connectivity index (χ2v) is 8.26. The summed E-state index contributed by atoms with van der Waals surface area (Å²) in [6, 6.07) is 7.88. The Balaban J connectivity index is 1.80. The molecular weight excluding hydrogens is 436 g/mol. The van der Waals surface area contributed by atoms with Gasteiger partial charge < -0.3 is 21.1 Å². The first kappa shape index (κ1) is 24.6. The lowest BCUT2D eigenvalue weighted by Gasteiger charge is -2.25. The number of hydrogen-bond acceptors (Lipinski definition) is 8. The summed E-state index contributed by atoms with van der Waals surface area (Å²) >= 11 is 1.45. The predicted molar refractivity (Wildman–Crippen MR) is 134 cm³/mol. The summed E-state index contributed by atoms with van der Waals surface area (Å²) < 4.78 is 8.58. The van der Waals surface area contributed by atoms with Gasteiger partial charge in [-0.3, -0.25) is 9.52 Å². The number of ether oxygens (including phenoxy) is 1. The molecular formula is C24H30N6O2S. The lowest BCUT2D eigenvalue weighted by molar-refractivity contribution is 0.0903. The van der Waals surface area contributed by atoms with Gasteiger partial charge in [0.1, 0.15) is 0 Å². The third-order valence-electron chi connectivity index (χ3n) is 4.98. The number of nitrogens with two attached hydrogens (primary N) is 1. The zero-order valence-electron chi connectivity index (χ0n) is 18.8. The summed E-state index contributed by atoms with van der Waals surface area (Å²) in [4.78, 5) is 21.3. The van der Waals surface area contributed by atoms with E-state index >= 15 is 0 Å². The maximum atomic E-state index is 12.1. The van der Waals surface area contributed by atoms with Gasteiger partial charge in [-0.25, -0.2) is 9.97 Å². The highest BCUT2D eigenvalue weighted by Crippen LogP contribution is 2.24. The Kier molecular flexibility index (Phi) is 9.57. The lowest BCUT2D eigenvalue weighted by atomic mass is 10.1. The molecule has 0 aliphatic carbocycles. The van der Waals surface area contributed by atoms with Crippen LogP contribution in [-0.2, 0) is 11.2 Å². The van der Waals surface area contributed by atoms with Crippen LogP contribution in [0.25, 0.3) is 0 Å². The van der Waals surface area contributed by atoms with Gasteiger partial charge in [0.05, 0.1) is 5.69 Å². The molecule has 1 amide bonds. The van der Waals surface area contributed by atoms with Crippen molar-refractivity contribution in [3.05, 3.63) is 53.2 Å². The summed E-state index contributed by atoms with van der Waals surface area (Å²) in [6.45, 7) is 7.82. The number of nitrogens with zero attached hydrogens (tertiary/aromatic N) is 2. The van der Waals surface area contributed by atoms with Crippen LogP contribution >= 0.6 is 11.9 Å². The molecule has 2 aromatic rings. The number of aryl methyl sites for hydroxylation is 1. The summed E-state index contributed by atoms with van der Waals surface area (Å²) in [5.74, 6) is 6.65. The minimum Gasteiger partial charge on any atom is -0.381 e. The van der Waals surface area contributed by atoms with E-state index in [0.29, 0.717) is 37.0 Å². The van der Waals surface area contributed by atoms with Crippen LogP contribution < -0.4 is 21.1 Å². The van der Waals surface area contributed by atoms with Gasteiger partial charge in [-0.15, -0.1) is 0 Å². The Bertz CT molecular complexity index is 1030. The van der Waals surface area contributed by atoms with Gasteiger partial charge in [0.25, 0.3) is 5.91 Å². The third kappa shape index (κ3) is 7.49. The standard InChI is InChI=1S/C24H30N6O2S/c1-3-20-23(27-18-11-14-32-15-12-18)30-24(21(29-20)22(25)31)28-19-10-7-9-17(16-19)8-5-6-13-26-33-4-2/h4,7,9-10,16,18,26H,2-3,6,11-15H2,1H3,(H2,25,31)(H2,27,28,30). The van der Waals surface area contributed by atoms with Crippen molar-refractivity contribution in [3.63, 3.8) is 0 Å². The van der Waals surface area contributed by atoms with E-state index in [1.807, 2.05) is 31.2 Å². The number of rotatable bonds is 10. The predicted octanol–water partition coefficient (Wildman–Crippen LogP) is 3.60. The van der Waals surface area contributed by atoms with Crippen LogP contribution in [0.5, 0.6) is 0 Å². The minimum absolute atomic E-state index is 0.117. The first-order chi connectivity index (χ1) is 16.1. The van der Waals surface area contributed by atoms with Gasteiger partial charge in [0.2, 0.25) is 0 Å². The molecule has 33 heavy (non-hydrogen) atoms. The summed E-state index contributed by atoms with van der Waals surface area (Å²) in [5.41, 5.74) is 8.05. The Labute approximate surface area is 199 Å². The number of amides is 1. The fourth-order valence-corrected chi connectivity index (χ4v) is 3.67. The van der Waals surface area contributed by atoms with Gasteiger partial charge in [0.15, 0.2) is 17.3 Å². The van der Waals surface area contributed by atoms with Crippen LogP contribution in [0, 0.1) is 11.8 Å². The van der Waals surface area contributed by atoms with Crippen molar-refractivity contribution in [1.82, 2.24) is 14.7 Å². The van der Waals surface area contributed by atoms with E-state index in [-0.39, 0.29) is 11.7 Å². The topological polar surface area (TPSA) is 114 Å². The molecule has 0 saturated carbocycles. The van der Waals surface area contributed by atoms with E-state index in [1.54, 1.807) is 5.41 Å². The molecule has 174 valence electrons. The molecule has 1 aliphatic heterocycles. The van der Waals surface area contributed by atoms with Crippen molar-refractivity contribution in [3.8, 4) is 11.8 Å². The maximum Gasteiger partial charge on any atom is 0.271 e. The van der Waals surface area contributed by atoms with Crippen LogP contribution in [0.15, 0.2) is 36.3 Å². The Morgan fingerprint density at radius 3 is 2.88 bits per heavy atom. The zero-order valence-corrected chi connectivity index (χ0v) is 19.6. The van der Waals surface area contributed by atoms with Gasteiger partial charge in [-0.1, -0.05) is 43.4 Å². The Morgan fingerprint density at radius 1 is 1.33 bits per heavy atom. The molecule has 1 aromatic heterocycles. The highest BCUT2D eigenvalue weighted by molar-refractivity contribution is 8.00. The minimum atomic E-state index is -0.627. The third-order valence-corrected chi connectivity index (χ3v) is 5.51. The molecule has 8 nitrogen and oxygen atoms in total. The number of hydrogen-bond donors (Lipinski definition) is 4. The van der Waals surface area contributed by atoms with Crippen molar-refractivity contribution < 1.29 is 9.53 Å². The lowest BCUT2D eigenvalue weighted by Crippen LogP contribution is -2.29. The molecule has 5 N–H and O–H groups in total. The Morgan fingerprint density at radius 2 is 2.15 bits per heavy atom. The fraction of sp³-hybridized carbons (Fsp3) is 0.375. The van der Waals surface area contributed by atoms with Gasteiger partial charge >= 0.3 is 0 Å². The summed E-state index contributed by atoms with van der Waals surface area (Å²) in [5, 5.41) is 8.42. The van der Waals surface area contributed by atoms with E-state index in [0.717, 1.165) is 37.1 Å². The smallest absolute Gasteiger partial charge is 0.271 e. The van der Waals surface area contributed by atoms with Crippen molar-refractivity contribution in [1.29, 1.82) is 0 Å². The number of aromatic nitrogens is 2. The molecule has 0 unspecified atom stereocenters. The average Bonchev–Trinajstić information content (AvgIpc) is 2.82. The van der Waals surface area contributed by atoms with E-state index < -0.39 is 5.91 Å². The fourth-order valence-electron chi connectivity index (χ4n) is 3.33. The Hall–Kier alpha value is -3.06. The summed E-state index contributed by atoms with van der Waals surface area (Å²) in [6.07, 6.45) is 3.14. The largest absolute Gasteiger partial charge is 0.381 e. The van der Waals surface area contributed by atoms with Gasteiger partial charge in [-0.05, 0) is 42.9 Å². The number of nitrogens with one attached hydrogen (secondary N) is 3. The monoisotopic (exact) mass is 466 g/mol. The van der Waals surface area contributed by atoms with Crippen molar-refractivity contribution >= 4 is 35.2 Å². The van der Waals surface area contributed by atoms with E-state index in [1.165, 1.54) is 11.9 Å². The second kappa shape index (κ2) is 12.8. The molecule has 1 aliphatic rings. The van der Waals surface area contributed by atoms with E-state index in [2.05, 4.69) is 38.8 Å². The van der Waals surface area contributed by atoms with Gasteiger partial charge in [-0.2, -0.15) is 0 Å². The molecule has 0 radical (unpaired) electrons. The number of anilines is 3. The molecule has 0 bridgehead atoms. The van der Waals surface area contributed by atoms with Crippen molar-refractivity contribution in [2.45, 2.75) is 38.6 Å². The molecule has 0 atom stereocenters. The highest BCUT2D eigenvalue weighted by atomic mass is 32.2. The normalized spacial score (nSPS) is 13.6.